The maximum absolute atomic E-state index is 10.4. The van der Waals surface area contributed by atoms with Gasteiger partial charge in [0, 0.05) is 15.1 Å². The Morgan fingerprint density at radius 3 is 2.59 bits per heavy atom. The number of benzene rings is 3. The number of thiophene rings is 1. The Kier molecular flexibility index (Phi) is 3.82. The lowest BCUT2D eigenvalue weighted by Gasteiger charge is -2.05. The Bertz CT molecular complexity index is 1330. The Balaban J connectivity index is 1.69. The Labute approximate surface area is 167 Å². The number of aromatic nitrogens is 2. The molecule has 0 bridgehead atoms. The van der Waals surface area contributed by atoms with Crippen molar-refractivity contribution in [3.8, 4) is 28.0 Å². The van der Waals surface area contributed by atoms with E-state index in [0.29, 0.717) is 26.4 Å². The third kappa shape index (κ3) is 2.67. The van der Waals surface area contributed by atoms with Crippen molar-refractivity contribution in [2.75, 3.05) is 0 Å². The lowest BCUT2D eigenvalue weighted by atomic mass is 10.0. The number of rotatable bonds is 2. The third-order valence-corrected chi connectivity index (χ3v) is 6.23. The fraction of sp³-hybridized carbons (Fsp3) is 0. The van der Waals surface area contributed by atoms with E-state index < -0.39 is 0 Å². The van der Waals surface area contributed by atoms with E-state index in [0.717, 1.165) is 20.9 Å². The molecule has 5 rings (SSSR count). The second-order valence-corrected chi connectivity index (χ2v) is 7.85. The van der Waals surface area contributed by atoms with Crippen LogP contribution in [0.3, 0.4) is 0 Å². The average Bonchev–Trinajstić information content (AvgIpc) is 3.27. The minimum absolute atomic E-state index is 0.0816. The Morgan fingerprint density at radius 1 is 0.889 bits per heavy atom. The fourth-order valence-corrected chi connectivity index (χ4v) is 4.66. The van der Waals surface area contributed by atoms with Gasteiger partial charge in [0.15, 0.2) is 0 Å². The Morgan fingerprint density at radius 2 is 1.70 bits per heavy atom. The van der Waals surface area contributed by atoms with Crippen molar-refractivity contribution >= 4 is 55.4 Å². The first kappa shape index (κ1) is 16.6. The normalized spacial score (nSPS) is 11.5. The number of hydrogen-bond donors (Lipinski definition) is 1. The molecule has 3 aromatic carbocycles. The molecular weight excluding hydrogens is 403 g/mol. The minimum Gasteiger partial charge on any atom is -0.507 e. The summed E-state index contributed by atoms with van der Waals surface area (Å²) < 4.78 is 6.87. The predicted octanol–water partition coefficient (Wildman–Crippen LogP) is 6.78. The second kappa shape index (κ2) is 6.23. The molecule has 0 unspecified atom stereocenters. The van der Waals surface area contributed by atoms with Crippen LogP contribution >= 0.6 is 34.5 Å². The van der Waals surface area contributed by atoms with E-state index in [-0.39, 0.29) is 11.6 Å². The minimum atomic E-state index is 0.0816. The summed E-state index contributed by atoms with van der Waals surface area (Å²) >= 11 is 14.0. The smallest absolute Gasteiger partial charge is 0.259 e. The molecule has 1 N–H and O–H groups in total. The van der Waals surface area contributed by atoms with Crippen molar-refractivity contribution in [3.05, 3.63) is 64.6 Å². The molecule has 0 aliphatic rings. The van der Waals surface area contributed by atoms with Crippen molar-refractivity contribution in [3.63, 3.8) is 0 Å². The summed E-state index contributed by atoms with van der Waals surface area (Å²) in [5.74, 6) is 0.628. The van der Waals surface area contributed by atoms with E-state index in [4.69, 9.17) is 27.6 Å². The van der Waals surface area contributed by atoms with Crippen LogP contribution in [0.2, 0.25) is 10.0 Å². The van der Waals surface area contributed by atoms with Crippen LogP contribution in [0.5, 0.6) is 5.75 Å². The Hall–Kier alpha value is -2.60. The molecule has 0 aliphatic heterocycles. The largest absolute Gasteiger partial charge is 0.507 e. The number of phenols is 1. The highest BCUT2D eigenvalue weighted by Crippen LogP contribution is 2.44. The molecule has 4 nitrogen and oxygen atoms in total. The van der Waals surface area contributed by atoms with Gasteiger partial charge in [-0.2, -0.15) is 0 Å². The van der Waals surface area contributed by atoms with Gasteiger partial charge in [0.1, 0.15) is 10.6 Å². The number of halogens is 2. The highest BCUT2D eigenvalue weighted by molar-refractivity contribution is 7.23. The number of aromatic hydroxyl groups is 1. The highest BCUT2D eigenvalue weighted by Gasteiger charge is 2.21. The summed E-state index contributed by atoms with van der Waals surface area (Å²) in [6.45, 7) is 0. The summed E-state index contributed by atoms with van der Waals surface area (Å²) in [6, 6.07) is 16.7. The van der Waals surface area contributed by atoms with Crippen LogP contribution < -0.4 is 0 Å². The van der Waals surface area contributed by atoms with Gasteiger partial charge in [-0.1, -0.05) is 53.5 Å². The van der Waals surface area contributed by atoms with Crippen LogP contribution in [0.4, 0.5) is 0 Å². The summed E-state index contributed by atoms with van der Waals surface area (Å²) in [7, 11) is 0. The maximum Gasteiger partial charge on any atom is 0.259 e. The molecule has 0 spiro atoms. The third-order valence-electron chi connectivity index (χ3n) is 4.33. The van der Waals surface area contributed by atoms with Gasteiger partial charge in [-0.3, -0.25) is 0 Å². The first-order valence-electron chi connectivity index (χ1n) is 8.04. The first-order chi connectivity index (χ1) is 13.1. The molecule has 0 saturated carbocycles. The van der Waals surface area contributed by atoms with Crippen LogP contribution in [0.25, 0.3) is 43.1 Å². The molecule has 0 radical (unpaired) electrons. The van der Waals surface area contributed by atoms with Crippen molar-refractivity contribution in [2.45, 2.75) is 0 Å². The van der Waals surface area contributed by atoms with Gasteiger partial charge in [-0.25, -0.2) is 0 Å². The van der Waals surface area contributed by atoms with Gasteiger partial charge in [0.05, 0.1) is 10.6 Å². The summed E-state index contributed by atoms with van der Waals surface area (Å²) in [5, 5.41) is 22.5. The monoisotopic (exact) mass is 412 g/mol. The van der Waals surface area contributed by atoms with Crippen LogP contribution in [0.1, 0.15) is 0 Å². The van der Waals surface area contributed by atoms with E-state index in [1.54, 1.807) is 6.07 Å². The van der Waals surface area contributed by atoms with Crippen LogP contribution in [0, 0.1) is 0 Å². The zero-order chi connectivity index (χ0) is 18.5. The molecule has 5 aromatic rings. The van der Waals surface area contributed by atoms with E-state index >= 15 is 0 Å². The maximum atomic E-state index is 10.4. The molecule has 0 amide bonds. The lowest BCUT2D eigenvalue weighted by molar-refractivity contribution is 0.474. The summed E-state index contributed by atoms with van der Waals surface area (Å²) in [5.41, 5.74) is 0.507. The fourth-order valence-electron chi connectivity index (χ4n) is 3.08. The first-order valence-corrected chi connectivity index (χ1v) is 9.61. The lowest BCUT2D eigenvalue weighted by Crippen LogP contribution is -1.83. The van der Waals surface area contributed by atoms with Gasteiger partial charge in [0.25, 0.3) is 11.8 Å². The molecule has 27 heavy (non-hydrogen) atoms. The van der Waals surface area contributed by atoms with Crippen LogP contribution in [-0.2, 0) is 0 Å². The van der Waals surface area contributed by atoms with E-state index in [9.17, 15) is 5.11 Å². The average molecular weight is 413 g/mol. The summed E-state index contributed by atoms with van der Waals surface area (Å²) in [4.78, 5) is 0.674. The molecule has 7 heteroatoms. The topological polar surface area (TPSA) is 59.2 Å². The SMILES string of the molecule is Oc1ccc2ccccc2c1-c1nnc(-c2sc3ccc(Cl)cc3c2Cl)o1. The number of fused-ring (bicyclic) bond motifs is 2. The molecule has 0 fully saturated rings. The molecular formula is C20H10Cl2N2O2S. The van der Waals surface area contributed by atoms with E-state index in [1.807, 2.05) is 48.5 Å². The van der Waals surface area contributed by atoms with Gasteiger partial charge >= 0.3 is 0 Å². The van der Waals surface area contributed by atoms with E-state index in [2.05, 4.69) is 10.2 Å². The standard InChI is InChI=1S/C20H10Cl2N2O2S/c21-11-6-8-15-13(9-11)17(22)18(27-15)20-24-23-19(26-20)16-12-4-2-1-3-10(12)5-7-14(16)25/h1-9,25H. The van der Waals surface area contributed by atoms with Crippen molar-refractivity contribution in [2.24, 2.45) is 0 Å². The zero-order valence-electron chi connectivity index (χ0n) is 13.6. The molecule has 0 saturated heterocycles. The van der Waals surface area contributed by atoms with Crippen molar-refractivity contribution in [1.82, 2.24) is 10.2 Å². The molecule has 0 aliphatic carbocycles. The zero-order valence-corrected chi connectivity index (χ0v) is 15.9. The van der Waals surface area contributed by atoms with Crippen molar-refractivity contribution < 1.29 is 9.52 Å². The molecule has 0 atom stereocenters. The molecule has 2 heterocycles. The quantitative estimate of drug-likeness (QED) is 0.346. The number of hydrogen-bond acceptors (Lipinski definition) is 5. The second-order valence-electron chi connectivity index (χ2n) is 5.98. The number of phenolic OH excluding ortho intramolecular Hbond substituents is 1. The van der Waals surface area contributed by atoms with Crippen LogP contribution in [0.15, 0.2) is 59.0 Å². The number of nitrogens with zero attached hydrogens (tertiary/aromatic N) is 2. The molecule has 132 valence electrons. The van der Waals surface area contributed by atoms with Gasteiger partial charge in [-0.15, -0.1) is 21.5 Å². The van der Waals surface area contributed by atoms with Gasteiger partial charge < -0.3 is 9.52 Å². The predicted molar refractivity (Wildman–Crippen MR) is 110 cm³/mol. The van der Waals surface area contributed by atoms with Gasteiger partial charge in [0.2, 0.25) is 0 Å². The van der Waals surface area contributed by atoms with Crippen LogP contribution in [-0.4, -0.2) is 15.3 Å². The van der Waals surface area contributed by atoms with Gasteiger partial charge in [-0.05, 0) is 35.0 Å². The molecule has 2 aromatic heterocycles. The highest BCUT2D eigenvalue weighted by atomic mass is 35.5. The summed E-state index contributed by atoms with van der Waals surface area (Å²) in [6.07, 6.45) is 0. The van der Waals surface area contributed by atoms with Crippen molar-refractivity contribution in [1.29, 1.82) is 0 Å². The van der Waals surface area contributed by atoms with E-state index in [1.165, 1.54) is 11.3 Å².